The fourth-order valence-corrected chi connectivity index (χ4v) is 2.17. The SMILES string of the molecule is Cc1cccc(/C=C2/N=C(COc3ccccc3)NC2=O)c1. The number of amidine groups is 1. The van der Waals surface area contributed by atoms with Crippen LogP contribution in [0.25, 0.3) is 6.08 Å². The molecule has 0 unspecified atom stereocenters. The van der Waals surface area contributed by atoms with Crippen molar-refractivity contribution in [3.63, 3.8) is 0 Å². The number of rotatable bonds is 4. The minimum Gasteiger partial charge on any atom is -0.486 e. The van der Waals surface area contributed by atoms with Crippen LogP contribution in [-0.2, 0) is 4.79 Å². The first-order valence-electron chi connectivity index (χ1n) is 7.06. The third-order valence-corrected chi connectivity index (χ3v) is 3.21. The fourth-order valence-electron chi connectivity index (χ4n) is 2.17. The third-order valence-electron chi connectivity index (χ3n) is 3.21. The Bertz CT molecular complexity index is 749. The molecule has 1 aliphatic rings. The fraction of sp³-hybridized carbons (Fsp3) is 0.111. The summed E-state index contributed by atoms with van der Waals surface area (Å²) in [7, 11) is 0. The number of aryl methyl sites for hydroxylation is 1. The lowest BCUT2D eigenvalue weighted by atomic mass is 10.1. The first-order chi connectivity index (χ1) is 10.7. The number of hydrogen-bond acceptors (Lipinski definition) is 3. The second-order valence-corrected chi connectivity index (χ2v) is 5.06. The molecular formula is C18H16N2O2. The van der Waals surface area contributed by atoms with Crippen molar-refractivity contribution < 1.29 is 9.53 Å². The molecular weight excluding hydrogens is 276 g/mol. The molecule has 4 nitrogen and oxygen atoms in total. The van der Waals surface area contributed by atoms with E-state index in [-0.39, 0.29) is 12.5 Å². The summed E-state index contributed by atoms with van der Waals surface area (Å²) in [5.41, 5.74) is 2.50. The molecule has 1 amide bonds. The van der Waals surface area contributed by atoms with E-state index in [0.717, 1.165) is 16.9 Å². The molecule has 1 N–H and O–H groups in total. The first kappa shape index (κ1) is 14.1. The van der Waals surface area contributed by atoms with Crippen LogP contribution in [0.3, 0.4) is 0 Å². The molecule has 4 heteroatoms. The predicted molar refractivity (Wildman–Crippen MR) is 86.7 cm³/mol. The Balaban J connectivity index is 1.71. The lowest BCUT2D eigenvalue weighted by molar-refractivity contribution is -0.115. The van der Waals surface area contributed by atoms with E-state index in [1.165, 1.54) is 0 Å². The maximum Gasteiger partial charge on any atom is 0.275 e. The predicted octanol–water partition coefficient (Wildman–Crippen LogP) is 2.94. The lowest BCUT2D eigenvalue weighted by Gasteiger charge is -2.04. The van der Waals surface area contributed by atoms with Gasteiger partial charge in [0.05, 0.1) is 0 Å². The smallest absolute Gasteiger partial charge is 0.275 e. The second-order valence-electron chi connectivity index (χ2n) is 5.06. The molecule has 0 atom stereocenters. The number of carbonyl (C=O) groups is 1. The number of benzene rings is 2. The number of carbonyl (C=O) groups excluding carboxylic acids is 1. The van der Waals surface area contributed by atoms with Crippen LogP contribution < -0.4 is 10.1 Å². The topological polar surface area (TPSA) is 50.7 Å². The average Bonchev–Trinajstić information content (AvgIpc) is 2.86. The Morgan fingerprint density at radius 3 is 2.73 bits per heavy atom. The van der Waals surface area contributed by atoms with E-state index in [4.69, 9.17) is 4.74 Å². The third kappa shape index (κ3) is 3.41. The van der Waals surface area contributed by atoms with Crippen molar-refractivity contribution in [1.82, 2.24) is 5.32 Å². The number of aliphatic imine (C=N–C) groups is 1. The van der Waals surface area contributed by atoms with Crippen LogP contribution in [0.4, 0.5) is 0 Å². The molecule has 2 aromatic rings. The standard InChI is InChI=1S/C18H16N2O2/c1-13-6-5-7-14(10-13)11-16-18(21)20-17(19-16)12-22-15-8-3-2-4-9-15/h2-11H,12H2,1H3,(H,19,20,21)/b16-11+. The van der Waals surface area contributed by atoms with Crippen molar-refractivity contribution in [2.45, 2.75) is 6.92 Å². The molecule has 110 valence electrons. The van der Waals surface area contributed by atoms with Gasteiger partial charge in [0.2, 0.25) is 0 Å². The number of hydrogen-bond donors (Lipinski definition) is 1. The van der Waals surface area contributed by atoms with Crippen LogP contribution in [0.2, 0.25) is 0 Å². The maximum atomic E-state index is 11.9. The van der Waals surface area contributed by atoms with Crippen LogP contribution in [0.1, 0.15) is 11.1 Å². The van der Waals surface area contributed by atoms with E-state index in [0.29, 0.717) is 11.5 Å². The van der Waals surface area contributed by atoms with Crippen molar-refractivity contribution >= 4 is 17.8 Å². The Labute approximate surface area is 129 Å². The van der Waals surface area contributed by atoms with E-state index < -0.39 is 0 Å². The van der Waals surface area contributed by atoms with Gasteiger partial charge in [0, 0.05) is 0 Å². The second kappa shape index (κ2) is 6.26. The molecule has 0 spiro atoms. The summed E-state index contributed by atoms with van der Waals surface area (Å²) >= 11 is 0. The lowest BCUT2D eigenvalue weighted by Crippen LogP contribution is -2.28. The van der Waals surface area contributed by atoms with E-state index >= 15 is 0 Å². The molecule has 3 rings (SSSR count). The van der Waals surface area contributed by atoms with Crippen LogP contribution in [-0.4, -0.2) is 18.3 Å². The quantitative estimate of drug-likeness (QED) is 0.881. The van der Waals surface area contributed by atoms with Gasteiger partial charge in [-0.1, -0.05) is 48.0 Å². The Hall–Kier alpha value is -2.88. The number of nitrogens with one attached hydrogen (secondary N) is 1. The number of nitrogens with zero attached hydrogens (tertiary/aromatic N) is 1. The van der Waals surface area contributed by atoms with E-state index in [1.54, 1.807) is 6.08 Å². The van der Waals surface area contributed by atoms with Gasteiger partial charge < -0.3 is 10.1 Å². The zero-order chi connectivity index (χ0) is 15.4. The Kier molecular flexibility index (Phi) is 4.01. The zero-order valence-electron chi connectivity index (χ0n) is 12.2. The van der Waals surface area contributed by atoms with Crippen molar-refractivity contribution in [2.75, 3.05) is 6.61 Å². The van der Waals surface area contributed by atoms with Gasteiger partial charge in [-0.3, -0.25) is 4.79 Å². The van der Waals surface area contributed by atoms with Gasteiger partial charge in [-0.15, -0.1) is 0 Å². The summed E-state index contributed by atoms with van der Waals surface area (Å²) in [6, 6.07) is 17.4. The number of amides is 1. The highest BCUT2D eigenvalue weighted by atomic mass is 16.5. The molecule has 1 aliphatic heterocycles. The highest BCUT2D eigenvalue weighted by Gasteiger charge is 2.20. The van der Waals surface area contributed by atoms with Crippen molar-refractivity contribution in [2.24, 2.45) is 4.99 Å². The van der Waals surface area contributed by atoms with E-state index in [2.05, 4.69) is 10.3 Å². The van der Waals surface area contributed by atoms with Gasteiger partial charge in [-0.25, -0.2) is 4.99 Å². The van der Waals surface area contributed by atoms with Crippen LogP contribution >= 0.6 is 0 Å². The molecule has 22 heavy (non-hydrogen) atoms. The van der Waals surface area contributed by atoms with Gasteiger partial charge in [0.1, 0.15) is 23.9 Å². The van der Waals surface area contributed by atoms with Gasteiger partial charge >= 0.3 is 0 Å². The minimum atomic E-state index is -0.201. The van der Waals surface area contributed by atoms with Gasteiger partial charge in [-0.2, -0.15) is 0 Å². The zero-order valence-corrected chi connectivity index (χ0v) is 12.2. The van der Waals surface area contributed by atoms with Gasteiger partial charge in [0.15, 0.2) is 0 Å². The van der Waals surface area contributed by atoms with E-state index in [1.807, 2.05) is 61.5 Å². The maximum absolute atomic E-state index is 11.9. The largest absolute Gasteiger partial charge is 0.486 e. The summed E-state index contributed by atoms with van der Waals surface area (Å²) < 4.78 is 5.58. The summed E-state index contributed by atoms with van der Waals surface area (Å²) in [5.74, 6) is 1.07. The van der Waals surface area contributed by atoms with Crippen molar-refractivity contribution in [3.05, 3.63) is 71.4 Å². The average molecular weight is 292 g/mol. The molecule has 0 radical (unpaired) electrons. The normalized spacial score (nSPS) is 15.6. The number of ether oxygens (including phenoxy) is 1. The van der Waals surface area contributed by atoms with Crippen LogP contribution in [0, 0.1) is 6.92 Å². The van der Waals surface area contributed by atoms with E-state index in [9.17, 15) is 4.79 Å². The molecule has 0 aromatic heterocycles. The molecule has 0 saturated heterocycles. The number of para-hydroxylation sites is 1. The molecule has 0 saturated carbocycles. The van der Waals surface area contributed by atoms with Crippen molar-refractivity contribution in [3.8, 4) is 5.75 Å². The van der Waals surface area contributed by atoms with Crippen LogP contribution in [0.5, 0.6) is 5.75 Å². The van der Waals surface area contributed by atoms with Crippen molar-refractivity contribution in [1.29, 1.82) is 0 Å². The highest BCUT2D eigenvalue weighted by molar-refractivity contribution is 6.14. The molecule has 0 bridgehead atoms. The van der Waals surface area contributed by atoms with Gasteiger partial charge in [-0.05, 0) is 30.7 Å². The summed E-state index contributed by atoms with van der Waals surface area (Å²) in [6.45, 7) is 2.25. The Morgan fingerprint density at radius 1 is 1.14 bits per heavy atom. The molecule has 0 aliphatic carbocycles. The minimum absolute atomic E-state index is 0.201. The van der Waals surface area contributed by atoms with Gasteiger partial charge in [0.25, 0.3) is 5.91 Å². The van der Waals surface area contributed by atoms with Crippen LogP contribution in [0.15, 0.2) is 65.3 Å². The molecule has 2 aromatic carbocycles. The first-order valence-corrected chi connectivity index (χ1v) is 7.06. The highest BCUT2D eigenvalue weighted by Crippen LogP contribution is 2.14. The summed E-state index contributed by atoms with van der Waals surface area (Å²) in [4.78, 5) is 16.2. The summed E-state index contributed by atoms with van der Waals surface area (Å²) in [5, 5.41) is 2.73. The summed E-state index contributed by atoms with van der Waals surface area (Å²) in [6.07, 6.45) is 1.78. The molecule has 1 heterocycles. The monoisotopic (exact) mass is 292 g/mol. The Morgan fingerprint density at radius 2 is 1.95 bits per heavy atom. The molecule has 0 fully saturated rings.